The average Bonchev–Trinajstić information content (AvgIpc) is 2.83. The number of piperidine rings is 1. The number of carbonyl (C=O) groups is 1. The molecule has 2 aliphatic heterocycles. The average molecular weight is 317 g/mol. The number of aryl methyl sites for hydroxylation is 1. The normalized spacial score (nSPS) is 20.4. The lowest BCUT2D eigenvalue weighted by Gasteiger charge is -2.26. The van der Waals surface area contributed by atoms with Crippen LogP contribution in [0, 0.1) is 12.8 Å². The molecular weight excluding hydrogens is 290 g/mol. The maximum Gasteiger partial charge on any atom is 0.222 e. The van der Waals surface area contributed by atoms with Crippen LogP contribution >= 0.6 is 0 Å². The van der Waals surface area contributed by atoms with Gasteiger partial charge in [-0.15, -0.1) is 5.10 Å². The Hall–Kier alpha value is -1.69. The van der Waals surface area contributed by atoms with E-state index in [0.717, 1.165) is 70.0 Å². The molecule has 6 heteroatoms. The van der Waals surface area contributed by atoms with E-state index in [-0.39, 0.29) is 0 Å². The molecule has 0 unspecified atom stereocenters. The number of hydrogen-bond acceptors (Lipinski definition) is 5. The van der Waals surface area contributed by atoms with Gasteiger partial charge in [-0.3, -0.25) is 4.79 Å². The standard InChI is InChI=1S/C17H27N5O/c1-14-3-4-16(20-19-14)21-9-2-10-22(12-11-21)17(23)13-15-5-7-18-8-6-15/h3-4,15,18H,2,5-13H2,1H3. The molecule has 0 spiro atoms. The fraction of sp³-hybridized carbons (Fsp3) is 0.706. The van der Waals surface area contributed by atoms with Crippen molar-refractivity contribution in [1.29, 1.82) is 0 Å². The molecule has 0 radical (unpaired) electrons. The third-order valence-corrected chi connectivity index (χ3v) is 4.88. The Labute approximate surface area is 138 Å². The van der Waals surface area contributed by atoms with E-state index in [1.165, 1.54) is 0 Å². The summed E-state index contributed by atoms with van der Waals surface area (Å²) in [7, 11) is 0. The topological polar surface area (TPSA) is 61.4 Å². The third-order valence-electron chi connectivity index (χ3n) is 4.88. The second kappa shape index (κ2) is 7.73. The molecule has 0 saturated carbocycles. The largest absolute Gasteiger partial charge is 0.353 e. The summed E-state index contributed by atoms with van der Waals surface area (Å²) in [6.07, 6.45) is 3.97. The van der Waals surface area contributed by atoms with E-state index in [2.05, 4.69) is 20.4 Å². The molecule has 1 N–H and O–H groups in total. The molecular formula is C17H27N5O. The lowest BCUT2D eigenvalue weighted by Crippen LogP contribution is -2.37. The number of anilines is 1. The Morgan fingerprint density at radius 2 is 2.00 bits per heavy atom. The summed E-state index contributed by atoms with van der Waals surface area (Å²) in [5.74, 6) is 1.81. The molecule has 126 valence electrons. The maximum atomic E-state index is 12.6. The van der Waals surface area contributed by atoms with Crippen LogP contribution < -0.4 is 10.2 Å². The Kier molecular flexibility index (Phi) is 5.43. The van der Waals surface area contributed by atoms with Gasteiger partial charge in [-0.1, -0.05) is 0 Å². The minimum Gasteiger partial charge on any atom is -0.353 e. The summed E-state index contributed by atoms with van der Waals surface area (Å²) < 4.78 is 0. The fourth-order valence-corrected chi connectivity index (χ4v) is 3.42. The van der Waals surface area contributed by atoms with Gasteiger partial charge < -0.3 is 15.1 Å². The first kappa shape index (κ1) is 16.2. The van der Waals surface area contributed by atoms with Gasteiger partial charge in [0.1, 0.15) is 0 Å². The molecule has 3 heterocycles. The van der Waals surface area contributed by atoms with E-state index >= 15 is 0 Å². The molecule has 2 saturated heterocycles. The van der Waals surface area contributed by atoms with Crippen molar-refractivity contribution in [3.05, 3.63) is 17.8 Å². The van der Waals surface area contributed by atoms with Crippen LogP contribution in [0.4, 0.5) is 5.82 Å². The van der Waals surface area contributed by atoms with Crippen LogP contribution in [-0.4, -0.2) is 60.3 Å². The smallest absolute Gasteiger partial charge is 0.222 e. The van der Waals surface area contributed by atoms with Crippen LogP contribution in [0.1, 0.15) is 31.4 Å². The summed E-state index contributed by atoms with van der Waals surface area (Å²) in [5.41, 5.74) is 0.933. The van der Waals surface area contributed by atoms with Gasteiger partial charge in [-0.05, 0) is 57.3 Å². The van der Waals surface area contributed by atoms with E-state index in [4.69, 9.17) is 0 Å². The van der Waals surface area contributed by atoms with Gasteiger partial charge in [-0.2, -0.15) is 5.10 Å². The number of nitrogens with one attached hydrogen (secondary N) is 1. The van der Waals surface area contributed by atoms with Gasteiger partial charge in [0, 0.05) is 32.6 Å². The van der Waals surface area contributed by atoms with Crippen LogP contribution in [0.3, 0.4) is 0 Å². The van der Waals surface area contributed by atoms with Crippen LogP contribution in [0.5, 0.6) is 0 Å². The molecule has 1 amide bonds. The monoisotopic (exact) mass is 317 g/mol. The number of nitrogens with zero attached hydrogens (tertiary/aromatic N) is 4. The van der Waals surface area contributed by atoms with Crippen molar-refractivity contribution in [2.75, 3.05) is 44.2 Å². The summed E-state index contributed by atoms with van der Waals surface area (Å²) in [6.45, 7) is 7.49. The fourth-order valence-electron chi connectivity index (χ4n) is 3.42. The highest BCUT2D eigenvalue weighted by Crippen LogP contribution is 2.19. The first-order valence-electron chi connectivity index (χ1n) is 8.76. The second-order valence-corrected chi connectivity index (χ2v) is 6.65. The number of rotatable bonds is 3. The lowest BCUT2D eigenvalue weighted by atomic mass is 9.94. The molecule has 1 aromatic rings. The SMILES string of the molecule is Cc1ccc(N2CCCN(C(=O)CC3CCNCC3)CC2)nn1. The molecule has 3 rings (SSSR count). The summed E-state index contributed by atoms with van der Waals surface area (Å²) in [5, 5.41) is 11.8. The van der Waals surface area contributed by atoms with Crippen LogP contribution in [-0.2, 0) is 4.79 Å². The maximum absolute atomic E-state index is 12.6. The molecule has 1 aromatic heterocycles. The van der Waals surface area contributed by atoms with Gasteiger partial charge in [0.2, 0.25) is 5.91 Å². The summed E-state index contributed by atoms with van der Waals surface area (Å²) in [4.78, 5) is 16.9. The predicted molar refractivity (Wildman–Crippen MR) is 90.4 cm³/mol. The Balaban J connectivity index is 1.53. The van der Waals surface area contributed by atoms with Crippen molar-refractivity contribution in [3.8, 4) is 0 Å². The van der Waals surface area contributed by atoms with Crippen molar-refractivity contribution in [2.45, 2.75) is 32.6 Å². The Bertz CT molecular complexity index is 512. The van der Waals surface area contributed by atoms with Crippen molar-refractivity contribution in [1.82, 2.24) is 20.4 Å². The van der Waals surface area contributed by atoms with Gasteiger partial charge in [0.15, 0.2) is 5.82 Å². The lowest BCUT2D eigenvalue weighted by molar-refractivity contribution is -0.132. The van der Waals surface area contributed by atoms with Gasteiger partial charge >= 0.3 is 0 Å². The number of hydrogen-bond donors (Lipinski definition) is 1. The van der Waals surface area contributed by atoms with Crippen molar-refractivity contribution in [2.24, 2.45) is 5.92 Å². The first-order chi connectivity index (χ1) is 11.2. The predicted octanol–water partition coefficient (Wildman–Crippen LogP) is 1.21. The number of carbonyl (C=O) groups excluding carboxylic acids is 1. The van der Waals surface area contributed by atoms with E-state index in [9.17, 15) is 4.79 Å². The van der Waals surface area contributed by atoms with E-state index < -0.39 is 0 Å². The van der Waals surface area contributed by atoms with Crippen LogP contribution in [0.25, 0.3) is 0 Å². The van der Waals surface area contributed by atoms with Crippen LogP contribution in [0.15, 0.2) is 12.1 Å². The van der Waals surface area contributed by atoms with Gasteiger partial charge in [0.25, 0.3) is 0 Å². The zero-order valence-corrected chi connectivity index (χ0v) is 14.0. The minimum atomic E-state index is 0.328. The highest BCUT2D eigenvalue weighted by molar-refractivity contribution is 5.76. The summed E-state index contributed by atoms with van der Waals surface area (Å²) in [6, 6.07) is 4.02. The zero-order valence-electron chi connectivity index (χ0n) is 14.0. The molecule has 0 bridgehead atoms. The van der Waals surface area contributed by atoms with Crippen LogP contribution in [0.2, 0.25) is 0 Å². The Morgan fingerprint density at radius 3 is 2.74 bits per heavy atom. The first-order valence-corrected chi connectivity index (χ1v) is 8.76. The summed E-state index contributed by atoms with van der Waals surface area (Å²) >= 11 is 0. The van der Waals surface area contributed by atoms with E-state index in [1.807, 2.05) is 24.0 Å². The molecule has 0 aromatic carbocycles. The molecule has 0 aliphatic carbocycles. The second-order valence-electron chi connectivity index (χ2n) is 6.65. The van der Waals surface area contributed by atoms with Gasteiger partial charge in [-0.25, -0.2) is 0 Å². The van der Waals surface area contributed by atoms with Crippen molar-refractivity contribution < 1.29 is 4.79 Å². The quantitative estimate of drug-likeness (QED) is 0.908. The molecule has 2 fully saturated rings. The minimum absolute atomic E-state index is 0.328. The van der Waals surface area contributed by atoms with E-state index in [1.54, 1.807) is 0 Å². The van der Waals surface area contributed by atoms with Gasteiger partial charge in [0.05, 0.1) is 5.69 Å². The van der Waals surface area contributed by atoms with E-state index in [0.29, 0.717) is 18.2 Å². The molecule has 0 atom stereocenters. The van der Waals surface area contributed by atoms with Crippen molar-refractivity contribution in [3.63, 3.8) is 0 Å². The van der Waals surface area contributed by atoms with Crippen molar-refractivity contribution >= 4 is 11.7 Å². The highest BCUT2D eigenvalue weighted by atomic mass is 16.2. The number of aromatic nitrogens is 2. The Morgan fingerprint density at radius 1 is 1.17 bits per heavy atom. The highest BCUT2D eigenvalue weighted by Gasteiger charge is 2.23. The number of amides is 1. The zero-order chi connectivity index (χ0) is 16.1. The third kappa shape index (κ3) is 4.41. The molecule has 2 aliphatic rings. The molecule has 23 heavy (non-hydrogen) atoms. The molecule has 6 nitrogen and oxygen atoms in total.